The van der Waals surface area contributed by atoms with Gasteiger partial charge in [-0.2, -0.15) is 0 Å². The van der Waals surface area contributed by atoms with Crippen molar-refractivity contribution in [2.45, 2.75) is 31.7 Å². The van der Waals surface area contributed by atoms with Crippen molar-refractivity contribution in [1.29, 1.82) is 0 Å². The Bertz CT molecular complexity index is 713. The van der Waals surface area contributed by atoms with Crippen LogP contribution in [0.5, 0.6) is 0 Å². The minimum Gasteiger partial charge on any atom is -0.395 e. The number of carbonyl (C=O) groups is 1. The van der Waals surface area contributed by atoms with Gasteiger partial charge in [0, 0.05) is 44.8 Å². The van der Waals surface area contributed by atoms with E-state index in [-0.39, 0.29) is 12.5 Å². The molecule has 1 amide bonds. The van der Waals surface area contributed by atoms with Crippen LogP contribution in [0.1, 0.15) is 25.7 Å². The number of amides is 1. The molecule has 4 rings (SSSR count). The summed E-state index contributed by atoms with van der Waals surface area (Å²) in [5.41, 5.74) is 5.39. The van der Waals surface area contributed by atoms with Gasteiger partial charge in [0.2, 0.25) is 5.91 Å². The van der Waals surface area contributed by atoms with Gasteiger partial charge < -0.3 is 25.8 Å². The van der Waals surface area contributed by atoms with Gasteiger partial charge >= 0.3 is 0 Å². The van der Waals surface area contributed by atoms with E-state index in [4.69, 9.17) is 10.5 Å². The second kappa shape index (κ2) is 8.81. The topological polar surface area (TPSA) is 117 Å². The van der Waals surface area contributed by atoms with E-state index in [1.165, 1.54) is 6.33 Å². The highest BCUT2D eigenvalue weighted by Gasteiger charge is 2.52. The van der Waals surface area contributed by atoms with Gasteiger partial charge in [-0.1, -0.05) is 0 Å². The maximum atomic E-state index is 13.3. The number of nitrogens with two attached hydrogens (primary N) is 1. The first-order valence-corrected chi connectivity index (χ1v) is 10.7. The van der Waals surface area contributed by atoms with Crippen molar-refractivity contribution in [3.05, 3.63) is 12.4 Å². The number of aliphatic hydroxyl groups excluding tert-OH is 1. The molecule has 2 aliphatic heterocycles. The molecule has 160 valence electrons. The zero-order valence-electron chi connectivity index (χ0n) is 16.9. The fraction of sp³-hybridized carbons (Fsp3) is 0.750. The second-order valence-electron chi connectivity index (χ2n) is 8.42. The largest absolute Gasteiger partial charge is 0.395 e. The molecule has 3 heterocycles. The van der Waals surface area contributed by atoms with E-state index < -0.39 is 5.41 Å². The van der Waals surface area contributed by atoms with Crippen molar-refractivity contribution in [1.82, 2.24) is 20.2 Å². The Labute approximate surface area is 171 Å². The number of piperidine rings is 1. The fourth-order valence-corrected chi connectivity index (χ4v) is 5.35. The average Bonchev–Trinajstić information content (AvgIpc) is 2.77. The van der Waals surface area contributed by atoms with Gasteiger partial charge in [0.25, 0.3) is 0 Å². The lowest BCUT2D eigenvalue weighted by atomic mass is 9.61. The molecule has 3 aliphatic rings. The molecule has 3 fully saturated rings. The van der Waals surface area contributed by atoms with Crippen molar-refractivity contribution in [2.75, 3.05) is 63.2 Å². The Morgan fingerprint density at radius 1 is 1.31 bits per heavy atom. The molecule has 0 aromatic carbocycles. The number of carbonyl (C=O) groups excluding carboxylic acids is 1. The van der Waals surface area contributed by atoms with Crippen LogP contribution in [-0.4, -0.2) is 84.5 Å². The molecule has 9 heteroatoms. The monoisotopic (exact) mass is 404 g/mol. The summed E-state index contributed by atoms with van der Waals surface area (Å²) < 4.78 is 5.51. The van der Waals surface area contributed by atoms with Gasteiger partial charge in [-0.3, -0.25) is 9.69 Å². The fourth-order valence-electron chi connectivity index (χ4n) is 5.35. The zero-order chi connectivity index (χ0) is 20.3. The van der Waals surface area contributed by atoms with E-state index >= 15 is 0 Å². The van der Waals surface area contributed by atoms with Gasteiger partial charge in [0.05, 0.1) is 25.2 Å². The van der Waals surface area contributed by atoms with E-state index in [0.717, 1.165) is 64.3 Å². The number of nitrogen functional groups attached to an aromatic ring is 1. The third-order valence-electron chi connectivity index (χ3n) is 6.89. The molecule has 9 nitrogen and oxygen atoms in total. The molecule has 3 atom stereocenters. The quantitative estimate of drug-likeness (QED) is 0.621. The van der Waals surface area contributed by atoms with Crippen LogP contribution >= 0.6 is 0 Å². The zero-order valence-corrected chi connectivity index (χ0v) is 16.9. The van der Waals surface area contributed by atoms with Crippen LogP contribution in [0.3, 0.4) is 0 Å². The Kier molecular flexibility index (Phi) is 6.17. The van der Waals surface area contributed by atoms with Crippen molar-refractivity contribution >= 4 is 17.5 Å². The molecule has 1 aliphatic carbocycles. The van der Waals surface area contributed by atoms with E-state index in [9.17, 15) is 9.90 Å². The minimum absolute atomic E-state index is 0.0466. The highest BCUT2D eigenvalue weighted by Crippen LogP contribution is 2.48. The first-order valence-electron chi connectivity index (χ1n) is 10.7. The predicted molar refractivity (Wildman–Crippen MR) is 109 cm³/mol. The van der Waals surface area contributed by atoms with Crippen molar-refractivity contribution < 1.29 is 14.6 Å². The predicted octanol–water partition coefficient (Wildman–Crippen LogP) is -0.135. The van der Waals surface area contributed by atoms with E-state index in [0.29, 0.717) is 30.9 Å². The van der Waals surface area contributed by atoms with Gasteiger partial charge in [-0.05, 0) is 31.6 Å². The number of anilines is 2. The highest BCUT2D eigenvalue weighted by atomic mass is 16.5. The smallest absolute Gasteiger partial charge is 0.228 e. The molecule has 29 heavy (non-hydrogen) atoms. The summed E-state index contributed by atoms with van der Waals surface area (Å²) in [6, 6.07) is 2.29. The lowest BCUT2D eigenvalue weighted by molar-refractivity contribution is -0.139. The van der Waals surface area contributed by atoms with Gasteiger partial charge in [0.1, 0.15) is 18.0 Å². The molecule has 1 aromatic rings. The number of hydrogen-bond donors (Lipinski definition) is 3. The molecular formula is C20H32N6O3. The summed E-state index contributed by atoms with van der Waals surface area (Å²) >= 11 is 0. The molecule has 1 aromatic heterocycles. The van der Waals surface area contributed by atoms with Gasteiger partial charge in [-0.15, -0.1) is 0 Å². The van der Waals surface area contributed by atoms with E-state index in [2.05, 4.69) is 25.1 Å². The number of fused-ring (bicyclic) bond motifs is 1. The number of aromatic nitrogens is 2. The number of rotatable bonds is 5. The van der Waals surface area contributed by atoms with Gasteiger partial charge in [0.15, 0.2) is 0 Å². The van der Waals surface area contributed by atoms with Gasteiger partial charge in [-0.25, -0.2) is 9.97 Å². The maximum absolute atomic E-state index is 13.3. The SMILES string of the molecule is Nc1cc(N2CC[C@@H]3C[C@@H](N4CCOCC4)CC[C@@]3(C(=O)NCCO)C2)ncn1. The lowest BCUT2D eigenvalue weighted by Gasteiger charge is -2.53. The summed E-state index contributed by atoms with van der Waals surface area (Å²) in [5, 5.41) is 12.2. The van der Waals surface area contributed by atoms with Crippen LogP contribution in [0.25, 0.3) is 0 Å². The van der Waals surface area contributed by atoms with Crippen molar-refractivity contribution in [2.24, 2.45) is 11.3 Å². The number of ether oxygens (including phenoxy) is 1. The van der Waals surface area contributed by atoms with Crippen LogP contribution in [0.4, 0.5) is 11.6 Å². The van der Waals surface area contributed by atoms with Crippen molar-refractivity contribution in [3.8, 4) is 0 Å². The number of morpholine rings is 1. The Balaban J connectivity index is 1.54. The summed E-state index contributed by atoms with van der Waals surface area (Å²) in [6.45, 7) is 5.28. The van der Waals surface area contributed by atoms with E-state index in [1.807, 2.05) is 0 Å². The maximum Gasteiger partial charge on any atom is 0.228 e. The summed E-state index contributed by atoms with van der Waals surface area (Å²) in [6.07, 6.45) is 5.30. The van der Waals surface area contributed by atoms with Crippen molar-refractivity contribution in [3.63, 3.8) is 0 Å². The third-order valence-corrected chi connectivity index (χ3v) is 6.89. The normalized spacial score (nSPS) is 30.6. The average molecular weight is 405 g/mol. The van der Waals surface area contributed by atoms with Crippen LogP contribution in [0.15, 0.2) is 12.4 Å². The summed E-state index contributed by atoms with van der Waals surface area (Å²) in [4.78, 5) is 26.4. The number of nitrogens with one attached hydrogen (secondary N) is 1. The first kappa shape index (κ1) is 20.3. The molecular weight excluding hydrogens is 372 g/mol. The van der Waals surface area contributed by atoms with Crippen LogP contribution in [0, 0.1) is 11.3 Å². The summed E-state index contributed by atoms with van der Waals surface area (Å²) in [7, 11) is 0. The lowest BCUT2D eigenvalue weighted by Crippen LogP contribution is -2.61. The Morgan fingerprint density at radius 2 is 2.14 bits per heavy atom. The first-order chi connectivity index (χ1) is 14.1. The van der Waals surface area contributed by atoms with Crippen LogP contribution < -0.4 is 16.0 Å². The van der Waals surface area contributed by atoms with E-state index in [1.54, 1.807) is 6.07 Å². The molecule has 0 unspecified atom stereocenters. The molecule has 0 radical (unpaired) electrons. The standard InChI is InChI=1S/C20H32N6O3/c21-17-12-18(24-14-23-17)26-5-2-15-11-16(25-6-9-29-10-7-25)1-3-20(15,13-26)19(28)22-4-8-27/h12,14-16,27H,1-11,13H2,(H,22,28)(H2,21,23,24)/t15-,16+,20-/m1/s1. The molecule has 0 spiro atoms. The molecule has 2 saturated heterocycles. The van der Waals surface area contributed by atoms with Crippen LogP contribution in [-0.2, 0) is 9.53 Å². The molecule has 4 N–H and O–H groups in total. The Hall–Kier alpha value is -1.97. The molecule has 1 saturated carbocycles. The number of nitrogens with zero attached hydrogens (tertiary/aromatic N) is 4. The van der Waals surface area contributed by atoms with Crippen LogP contribution in [0.2, 0.25) is 0 Å². The Morgan fingerprint density at radius 3 is 2.90 bits per heavy atom. The molecule has 0 bridgehead atoms. The third kappa shape index (κ3) is 4.17. The summed E-state index contributed by atoms with van der Waals surface area (Å²) in [5.74, 6) is 1.59. The number of hydrogen-bond acceptors (Lipinski definition) is 8. The highest BCUT2D eigenvalue weighted by molar-refractivity contribution is 5.84. The minimum atomic E-state index is -0.462. The number of aliphatic hydroxyl groups is 1. The second-order valence-corrected chi connectivity index (χ2v) is 8.42.